The average molecular weight is 412 g/mol. The Morgan fingerprint density at radius 3 is 1.79 bits per heavy atom. The van der Waals surface area contributed by atoms with Crippen LogP contribution >= 0.6 is 15.9 Å². The molecule has 0 radical (unpaired) electrons. The molecule has 0 saturated carbocycles. The number of benzene rings is 1. The van der Waals surface area contributed by atoms with Gasteiger partial charge in [-0.3, -0.25) is 0 Å². The van der Waals surface area contributed by atoms with Gasteiger partial charge >= 0.3 is 7.25 Å². The van der Waals surface area contributed by atoms with E-state index in [2.05, 4.69) is 20.9 Å². The molecule has 0 amide bonds. The van der Waals surface area contributed by atoms with Gasteiger partial charge in [-0.15, -0.1) is 0 Å². The summed E-state index contributed by atoms with van der Waals surface area (Å²) >= 11 is 3.40. The molecule has 24 heavy (non-hydrogen) atoms. The van der Waals surface area contributed by atoms with Crippen molar-refractivity contribution >= 4 is 35.1 Å². The molecule has 1 aliphatic heterocycles. The van der Waals surface area contributed by atoms with Gasteiger partial charge in [-0.05, 0) is 39.8 Å². The summed E-state index contributed by atoms with van der Waals surface area (Å²) in [5, 5.41) is 0. The van der Waals surface area contributed by atoms with E-state index < -0.39 is 7.25 Å². The average Bonchev–Trinajstić information content (AvgIpc) is 2.58. The fourth-order valence-electron chi connectivity index (χ4n) is 1.59. The molecule has 9 heteroatoms. The minimum atomic E-state index is -6.00. The summed E-state index contributed by atoms with van der Waals surface area (Å²) in [5.41, 5.74) is 0.353. The van der Waals surface area contributed by atoms with Crippen LogP contribution in [0.1, 0.15) is 27.7 Å². The Balaban J connectivity index is 0.000000505. The zero-order valence-corrected chi connectivity index (χ0v) is 15.3. The molecule has 1 aromatic rings. The van der Waals surface area contributed by atoms with Crippen molar-refractivity contribution in [2.75, 3.05) is 0 Å². The number of ether oxygens (including phenoxy) is 2. The van der Waals surface area contributed by atoms with E-state index >= 15 is 0 Å². The number of rotatable bonds is 2. The Bertz CT molecular complexity index is 589. The van der Waals surface area contributed by atoms with E-state index in [0.29, 0.717) is 5.95 Å². The number of hydrogen-bond acceptors (Lipinski definition) is 2. The van der Waals surface area contributed by atoms with E-state index in [9.17, 15) is 17.3 Å². The van der Waals surface area contributed by atoms with Crippen molar-refractivity contribution in [1.82, 2.24) is 0 Å². The van der Waals surface area contributed by atoms with Crippen LogP contribution < -0.4 is 4.99 Å². The molecule has 1 saturated heterocycles. The first-order valence-electron chi connectivity index (χ1n) is 7.11. The largest absolute Gasteiger partial charge is 0.673 e. The van der Waals surface area contributed by atoms with E-state index in [0.717, 1.165) is 10.2 Å². The van der Waals surface area contributed by atoms with Crippen LogP contribution in [-0.2, 0) is 9.47 Å². The molecule has 1 fully saturated rings. The zero-order chi connectivity index (χ0) is 18.6. The molecule has 134 valence electrons. The molecule has 0 bridgehead atoms. The summed E-state index contributed by atoms with van der Waals surface area (Å²) in [6.45, 7) is 8.10. The standard InChI is InChI=1S/C15H18BrNO2.BF4/c1-14(2)15(3,4)19-13(18-14)9-10-17-12-7-5-11(16)6-8-12;2-1(3,4)5/h5-10H,1-4H3;/q;-1/p+1. The van der Waals surface area contributed by atoms with Gasteiger partial charge in [0.15, 0.2) is 6.21 Å². The number of halogens is 5. The highest BCUT2D eigenvalue weighted by atomic mass is 79.9. The van der Waals surface area contributed by atoms with E-state index in [4.69, 9.17) is 9.47 Å². The summed E-state index contributed by atoms with van der Waals surface area (Å²) in [7, 11) is -6.00. The van der Waals surface area contributed by atoms with Gasteiger partial charge < -0.3 is 26.7 Å². The molecule has 1 aliphatic rings. The van der Waals surface area contributed by atoms with Gasteiger partial charge in [0.05, 0.1) is 6.08 Å². The van der Waals surface area contributed by atoms with E-state index in [-0.39, 0.29) is 11.2 Å². The second kappa shape index (κ2) is 7.59. The van der Waals surface area contributed by atoms with Crippen LogP contribution in [0, 0.1) is 0 Å². The topological polar surface area (TPSA) is 32.4 Å². The van der Waals surface area contributed by atoms with Crippen LogP contribution in [0.4, 0.5) is 23.0 Å². The fraction of sp³-hybridized carbons (Fsp3) is 0.400. The summed E-state index contributed by atoms with van der Waals surface area (Å²) in [5.74, 6) is 0.541. The lowest BCUT2D eigenvalue weighted by molar-refractivity contribution is -0.346. The van der Waals surface area contributed by atoms with Crippen LogP contribution in [0.25, 0.3) is 0 Å². The Labute approximate surface area is 147 Å². The van der Waals surface area contributed by atoms with Crippen LogP contribution in [0.5, 0.6) is 0 Å². The predicted molar refractivity (Wildman–Crippen MR) is 89.4 cm³/mol. The molecule has 0 unspecified atom stereocenters. The monoisotopic (exact) mass is 411 g/mol. The molecular formula is C15H19BBrF4NO2. The van der Waals surface area contributed by atoms with Gasteiger partial charge in [0, 0.05) is 16.6 Å². The lowest BCUT2D eigenvalue weighted by Gasteiger charge is -2.28. The first-order valence-corrected chi connectivity index (χ1v) is 7.90. The van der Waals surface area contributed by atoms with Gasteiger partial charge in [-0.2, -0.15) is 0 Å². The Morgan fingerprint density at radius 1 is 0.958 bits per heavy atom. The molecule has 1 N–H and O–H groups in total. The molecule has 0 aromatic heterocycles. The van der Waals surface area contributed by atoms with Crippen molar-refractivity contribution in [1.29, 1.82) is 0 Å². The van der Waals surface area contributed by atoms with Crippen LogP contribution in [0.3, 0.4) is 0 Å². The third-order valence-corrected chi connectivity index (χ3v) is 4.00. The highest BCUT2D eigenvalue weighted by molar-refractivity contribution is 9.10. The molecule has 0 aliphatic carbocycles. The van der Waals surface area contributed by atoms with Gasteiger partial charge in [0.25, 0.3) is 5.95 Å². The molecule has 1 aromatic carbocycles. The number of hydrogen-bond donors (Lipinski definition) is 1. The third-order valence-electron chi connectivity index (χ3n) is 3.48. The quantitative estimate of drug-likeness (QED) is 0.453. The van der Waals surface area contributed by atoms with Crippen LogP contribution in [0.15, 0.2) is 40.8 Å². The van der Waals surface area contributed by atoms with Gasteiger partial charge in [-0.1, -0.05) is 15.9 Å². The van der Waals surface area contributed by atoms with E-state index in [1.807, 2.05) is 58.2 Å². The summed E-state index contributed by atoms with van der Waals surface area (Å²) in [6, 6.07) is 7.95. The van der Waals surface area contributed by atoms with Gasteiger partial charge in [0.2, 0.25) is 5.69 Å². The smallest absolute Gasteiger partial charge is 0.455 e. The fourth-order valence-corrected chi connectivity index (χ4v) is 1.85. The molecular weight excluding hydrogens is 393 g/mol. The van der Waals surface area contributed by atoms with Gasteiger partial charge in [-0.25, -0.2) is 4.99 Å². The summed E-state index contributed by atoms with van der Waals surface area (Å²) in [4.78, 5) is 3.17. The van der Waals surface area contributed by atoms with Crippen molar-refractivity contribution in [2.24, 2.45) is 0 Å². The molecule has 1 heterocycles. The van der Waals surface area contributed by atoms with Crippen LogP contribution in [0.2, 0.25) is 0 Å². The second-order valence-corrected chi connectivity index (χ2v) is 6.94. The molecule has 2 rings (SSSR count). The number of nitrogens with one attached hydrogen (secondary N) is 1. The third kappa shape index (κ3) is 6.94. The van der Waals surface area contributed by atoms with E-state index in [1.165, 1.54) is 0 Å². The maximum Gasteiger partial charge on any atom is 0.673 e. The highest BCUT2D eigenvalue weighted by Gasteiger charge is 2.48. The molecule has 3 nitrogen and oxygen atoms in total. The lowest BCUT2D eigenvalue weighted by Crippen LogP contribution is -2.60. The first-order chi connectivity index (χ1) is 10.8. The molecule has 0 spiro atoms. The zero-order valence-electron chi connectivity index (χ0n) is 13.7. The minimum absolute atomic E-state index is 0.329. The Kier molecular flexibility index (Phi) is 6.49. The van der Waals surface area contributed by atoms with Crippen molar-refractivity contribution in [3.63, 3.8) is 0 Å². The van der Waals surface area contributed by atoms with Crippen molar-refractivity contribution in [3.05, 3.63) is 40.8 Å². The number of allylic oxidation sites excluding steroid dienone is 1. The van der Waals surface area contributed by atoms with Crippen LogP contribution in [-0.4, -0.2) is 24.7 Å². The van der Waals surface area contributed by atoms with Crippen molar-refractivity contribution in [3.8, 4) is 0 Å². The predicted octanol–water partition coefficient (Wildman–Crippen LogP) is 3.98. The normalized spacial score (nSPS) is 18.5. The summed E-state index contributed by atoms with van der Waals surface area (Å²) in [6.07, 6.45) is 3.62. The minimum Gasteiger partial charge on any atom is -0.455 e. The Morgan fingerprint density at radius 2 is 1.38 bits per heavy atom. The highest BCUT2D eigenvalue weighted by Crippen LogP contribution is 2.39. The maximum absolute atomic E-state index is 9.75. The lowest BCUT2D eigenvalue weighted by atomic mass is 9.90. The molecule has 0 atom stereocenters. The van der Waals surface area contributed by atoms with Crippen molar-refractivity contribution < 1.29 is 31.7 Å². The van der Waals surface area contributed by atoms with Crippen molar-refractivity contribution in [2.45, 2.75) is 38.9 Å². The summed E-state index contributed by atoms with van der Waals surface area (Å²) < 4.78 is 51.6. The second-order valence-electron chi connectivity index (χ2n) is 6.02. The first kappa shape index (κ1) is 20.5. The SMILES string of the molecule is CC1(C)OC(=CC=[NH+]c2ccc(Br)cc2)OC1(C)C.F[B-](F)(F)F. The maximum atomic E-state index is 9.75. The Hall–Kier alpha value is -1.51. The van der Waals surface area contributed by atoms with E-state index in [1.54, 1.807) is 6.08 Å². The van der Waals surface area contributed by atoms with Gasteiger partial charge in [0.1, 0.15) is 11.2 Å².